The Labute approximate surface area is 195 Å². The molecule has 3 N–H and O–H groups in total. The second kappa shape index (κ2) is 7.66. The first-order valence-electron chi connectivity index (χ1n) is 11.1. The number of benzene rings is 1. The van der Waals surface area contributed by atoms with E-state index in [9.17, 15) is 19.5 Å². The third-order valence-electron chi connectivity index (χ3n) is 6.15. The van der Waals surface area contributed by atoms with E-state index in [1.165, 1.54) is 4.57 Å². The van der Waals surface area contributed by atoms with Gasteiger partial charge in [0.2, 0.25) is 0 Å². The van der Waals surface area contributed by atoms with Crippen molar-refractivity contribution in [2.75, 3.05) is 5.73 Å². The first kappa shape index (κ1) is 22.1. The van der Waals surface area contributed by atoms with Gasteiger partial charge in [-0.25, -0.2) is 9.78 Å². The van der Waals surface area contributed by atoms with Crippen molar-refractivity contribution in [2.24, 2.45) is 0 Å². The lowest BCUT2D eigenvalue weighted by molar-refractivity contribution is -0.157. The minimum Gasteiger partial charge on any atom is -0.460 e. The molecular weight excluding hydrogens is 438 g/mol. The van der Waals surface area contributed by atoms with Crippen molar-refractivity contribution < 1.29 is 24.2 Å². The van der Waals surface area contributed by atoms with Gasteiger partial charge < -0.3 is 24.9 Å². The quantitative estimate of drug-likeness (QED) is 0.442. The van der Waals surface area contributed by atoms with Crippen LogP contribution in [-0.2, 0) is 38.6 Å². The zero-order valence-electron chi connectivity index (χ0n) is 19.2. The van der Waals surface area contributed by atoms with Crippen molar-refractivity contribution in [2.45, 2.75) is 58.5 Å². The monoisotopic (exact) mass is 463 g/mol. The number of pyridine rings is 2. The predicted octanol–water partition coefficient (Wildman–Crippen LogP) is 2.37. The van der Waals surface area contributed by atoms with E-state index in [2.05, 4.69) is 0 Å². The summed E-state index contributed by atoms with van der Waals surface area (Å²) in [6.07, 6.45) is -1.07. The minimum atomic E-state index is -1.63. The molecule has 2 aliphatic heterocycles. The van der Waals surface area contributed by atoms with Crippen LogP contribution in [0, 0.1) is 0 Å². The number of ether oxygens (including phenoxy) is 2. The number of carbonyl (C=O) groups excluding carboxylic acids is 2. The molecular formula is C25H25N3O6. The van der Waals surface area contributed by atoms with Gasteiger partial charge in [0, 0.05) is 22.9 Å². The number of rotatable bonds is 3. The van der Waals surface area contributed by atoms with Crippen LogP contribution in [-0.4, -0.2) is 32.2 Å². The highest BCUT2D eigenvalue weighted by Crippen LogP contribution is 2.42. The minimum absolute atomic E-state index is 0.0885. The number of fused-ring (bicyclic) bond motifs is 5. The van der Waals surface area contributed by atoms with E-state index in [0.29, 0.717) is 23.3 Å². The van der Waals surface area contributed by atoms with Gasteiger partial charge >= 0.3 is 11.9 Å². The molecule has 0 aliphatic carbocycles. The molecule has 2 aliphatic rings. The van der Waals surface area contributed by atoms with Crippen LogP contribution in [0.15, 0.2) is 29.1 Å². The first-order valence-corrected chi connectivity index (χ1v) is 11.1. The van der Waals surface area contributed by atoms with Gasteiger partial charge in [-0.05, 0) is 38.8 Å². The number of hydrogen-bond donors (Lipinski definition) is 2. The smallest absolute Gasteiger partial charge is 0.340 e. The molecule has 9 nitrogen and oxygen atoms in total. The SMILES string of the molecule is CC(C)(C)OC(=O)CCc1c2c(nc3ccccc13)-c1c(N)c3c(c(=O)n1C2)COC(=O)C3O. The van der Waals surface area contributed by atoms with Crippen molar-refractivity contribution in [1.82, 2.24) is 9.55 Å². The number of aliphatic hydroxyl groups is 1. The molecule has 4 heterocycles. The Morgan fingerprint density at radius 1 is 1.26 bits per heavy atom. The van der Waals surface area contributed by atoms with E-state index in [-0.39, 0.29) is 47.9 Å². The fourth-order valence-electron chi connectivity index (χ4n) is 4.76. The average Bonchev–Trinajstić information content (AvgIpc) is 3.15. The van der Waals surface area contributed by atoms with Crippen LogP contribution in [0.4, 0.5) is 5.69 Å². The van der Waals surface area contributed by atoms with Gasteiger partial charge in [-0.3, -0.25) is 9.59 Å². The van der Waals surface area contributed by atoms with E-state index in [0.717, 1.165) is 16.5 Å². The molecule has 3 aromatic rings. The van der Waals surface area contributed by atoms with E-state index < -0.39 is 17.7 Å². The molecule has 176 valence electrons. The zero-order chi connectivity index (χ0) is 24.4. The summed E-state index contributed by atoms with van der Waals surface area (Å²) in [5.74, 6) is -1.16. The van der Waals surface area contributed by atoms with Gasteiger partial charge in [0.15, 0.2) is 6.10 Å². The maximum Gasteiger partial charge on any atom is 0.340 e. The number of aryl methyl sites for hydroxylation is 1. The predicted molar refractivity (Wildman–Crippen MR) is 124 cm³/mol. The number of hydrogen-bond acceptors (Lipinski definition) is 8. The molecule has 1 atom stereocenters. The Balaban J connectivity index is 1.67. The van der Waals surface area contributed by atoms with Crippen LogP contribution < -0.4 is 11.3 Å². The summed E-state index contributed by atoms with van der Waals surface area (Å²) in [5.41, 5.74) is 9.12. The largest absolute Gasteiger partial charge is 0.460 e. The first-order chi connectivity index (χ1) is 16.1. The van der Waals surface area contributed by atoms with E-state index in [1.807, 2.05) is 45.0 Å². The van der Waals surface area contributed by atoms with Gasteiger partial charge in [-0.1, -0.05) is 18.2 Å². The average molecular weight is 463 g/mol. The van der Waals surface area contributed by atoms with Crippen LogP contribution in [0.3, 0.4) is 0 Å². The molecule has 0 bridgehead atoms. The number of nitrogens with zero attached hydrogens (tertiary/aromatic N) is 2. The fraction of sp³-hybridized carbons (Fsp3) is 0.360. The lowest BCUT2D eigenvalue weighted by atomic mass is 9.95. The highest BCUT2D eigenvalue weighted by atomic mass is 16.6. The van der Waals surface area contributed by atoms with Crippen LogP contribution in [0.25, 0.3) is 22.3 Å². The summed E-state index contributed by atoms with van der Waals surface area (Å²) >= 11 is 0. The summed E-state index contributed by atoms with van der Waals surface area (Å²) in [6, 6.07) is 7.54. The van der Waals surface area contributed by atoms with Gasteiger partial charge in [-0.15, -0.1) is 0 Å². The normalized spacial score (nSPS) is 16.6. The van der Waals surface area contributed by atoms with E-state index >= 15 is 0 Å². The van der Waals surface area contributed by atoms with Crippen molar-refractivity contribution >= 4 is 28.5 Å². The summed E-state index contributed by atoms with van der Waals surface area (Å²) in [7, 11) is 0. The van der Waals surface area contributed by atoms with Crippen molar-refractivity contribution in [3.8, 4) is 11.4 Å². The Kier molecular flexibility index (Phi) is 4.98. The standard InChI is InChI=1S/C25H25N3O6/c1-25(2,3)34-17(29)9-8-12-13-6-4-5-7-16(13)27-20-14(12)10-28-21(20)19(26)18-15(23(28)31)11-33-24(32)22(18)30/h4-7,22,30H,8-11,26H2,1-3H3. The second-order valence-corrected chi connectivity index (χ2v) is 9.58. The maximum absolute atomic E-state index is 13.3. The molecule has 9 heteroatoms. The number of nitrogens with two attached hydrogens (primary N) is 1. The van der Waals surface area contributed by atoms with E-state index in [4.69, 9.17) is 20.2 Å². The Morgan fingerprint density at radius 2 is 2.00 bits per heavy atom. The van der Waals surface area contributed by atoms with E-state index in [1.54, 1.807) is 0 Å². The van der Waals surface area contributed by atoms with Gasteiger partial charge in [0.05, 0.1) is 34.7 Å². The number of cyclic esters (lactones) is 1. The summed E-state index contributed by atoms with van der Waals surface area (Å²) in [6.45, 7) is 5.43. The number of aromatic nitrogens is 2. The summed E-state index contributed by atoms with van der Waals surface area (Å²) in [4.78, 5) is 42.5. The number of esters is 2. The number of aliphatic hydroxyl groups excluding tert-OH is 1. The number of carbonyl (C=O) groups is 2. The topological polar surface area (TPSA) is 134 Å². The van der Waals surface area contributed by atoms with Crippen molar-refractivity contribution in [1.29, 1.82) is 0 Å². The van der Waals surface area contributed by atoms with Gasteiger partial charge in [0.1, 0.15) is 12.2 Å². The van der Waals surface area contributed by atoms with Crippen LogP contribution in [0.2, 0.25) is 0 Å². The van der Waals surface area contributed by atoms with Crippen molar-refractivity contribution in [3.63, 3.8) is 0 Å². The highest BCUT2D eigenvalue weighted by molar-refractivity contribution is 5.92. The van der Waals surface area contributed by atoms with Crippen LogP contribution >= 0.6 is 0 Å². The third-order valence-corrected chi connectivity index (χ3v) is 6.15. The third kappa shape index (κ3) is 3.43. The molecule has 0 saturated carbocycles. The number of nitrogen functional groups attached to an aromatic ring is 1. The Morgan fingerprint density at radius 3 is 2.74 bits per heavy atom. The number of anilines is 1. The van der Waals surface area contributed by atoms with Crippen LogP contribution in [0.1, 0.15) is 55.5 Å². The maximum atomic E-state index is 13.3. The molecule has 1 unspecified atom stereocenters. The molecule has 0 fully saturated rings. The summed E-state index contributed by atoms with van der Waals surface area (Å²) in [5, 5.41) is 11.3. The molecule has 34 heavy (non-hydrogen) atoms. The lowest BCUT2D eigenvalue weighted by Crippen LogP contribution is -2.33. The second-order valence-electron chi connectivity index (χ2n) is 9.58. The molecule has 0 radical (unpaired) electrons. The fourth-order valence-corrected chi connectivity index (χ4v) is 4.76. The highest BCUT2D eigenvalue weighted by Gasteiger charge is 2.37. The number of para-hydroxylation sites is 1. The summed E-state index contributed by atoms with van der Waals surface area (Å²) < 4.78 is 11.9. The molecule has 0 saturated heterocycles. The Hall–Kier alpha value is -3.72. The van der Waals surface area contributed by atoms with Gasteiger partial charge in [-0.2, -0.15) is 0 Å². The van der Waals surface area contributed by atoms with Gasteiger partial charge in [0.25, 0.3) is 5.56 Å². The molecule has 0 amide bonds. The zero-order valence-corrected chi connectivity index (χ0v) is 19.2. The Bertz CT molecular complexity index is 1430. The van der Waals surface area contributed by atoms with Crippen molar-refractivity contribution in [3.05, 3.63) is 56.9 Å². The molecule has 1 aromatic carbocycles. The molecule has 2 aromatic heterocycles. The molecule has 5 rings (SSSR count). The van der Waals surface area contributed by atoms with Crippen LogP contribution in [0.5, 0.6) is 0 Å². The lowest BCUT2D eigenvalue weighted by Gasteiger charge is -2.23. The molecule has 0 spiro atoms.